The fourth-order valence-corrected chi connectivity index (χ4v) is 3.00. The molecule has 0 radical (unpaired) electrons. The molecule has 0 amide bonds. The molecule has 0 saturated heterocycles. The SMILES string of the molecule is C[C@@H](NS(N)(=O)=O)c1cccc(OC2CCCC2)c1. The number of hydrogen-bond donors (Lipinski definition) is 2. The molecule has 2 rings (SSSR count). The van der Waals surface area contributed by atoms with Crippen molar-refractivity contribution >= 4 is 10.2 Å². The van der Waals surface area contributed by atoms with Gasteiger partial charge in [-0.15, -0.1) is 0 Å². The Bertz CT molecular complexity index is 524. The first kappa shape index (κ1) is 14.3. The van der Waals surface area contributed by atoms with Crippen molar-refractivity contribution in [3.8, 4) is 5.75 Å². The predicted molar refractivity (Wildman–Crippen MR) is 74.0 cm³/mol. The van der Waals surface area contributed by atoms with Crippen LogP contribution in [-0.4, -0.2) is 14.5 Å². The van der Waals surface area contributed by atoms with Gasteiger partial charge in [-0.2, -0.15) is 13.1 Å². The molecule has 0 spiro atoms. The normalized spacial score (nSPS) is 18.4. The van der Waals surface area contributed by atoms with Crippen LogP contribution in [0.25, 0.3) is 0 Å². The molecule has 0 aliphatic heterocycles. The van der Waals surface area contributed by atoms with Gasteiger partial charge in [-0.1, -0.05) is 12.1 Å². The molecule has 5 nitrogen and oxygen atoms in total. The second kappa shape index (κ2) is 5.90. The molecular weight excluding hydrogens is 264 g/mol. The third kappa shape index (κ3) is 4.49. The number of nitrogens with two attached hydrogens (primary N) is 1. The molecular formula is C13H20N2O3S. The maximum Gasteiger partial charge on any atom is 0.274 e. The van der Waals surface area contributed by atoms with E-state index in [1.54, 1.807) is 6.92 Å². The molecule has 1 aromatic carbocycles. The summed E-state index contributed by atoms with van der Waals surface area (Å²) in [5.74, 6) is 0.785. The van der Waals surface area contributed by atoms with E-state index in [0.717, 1.165) is 24.2 Å². The van der Waals surface area contributed by atoms with Gasteiger partial charge in [0.25, 0.3) is 10.2 Å². The van der Waals surface area contributed by atoms with Gasteiger partial charge in [0, 0.05) is 6.04 Å². The van der Waals surface area contributed by atoms with Crippen molar-refractivity contribution < 1.29 is 13.2 Å². The Kier molecular flexibility index (Phi) is 4.44. The van der Waals surface area contributed by atoms with E-state index < -0.39 is 10.2 Å². The lowest BCUT2D eigenvalue weighted by molar-refractivity contribution is 0.210. The van der Waals surface area contributed by atoms with Crippen molar-refractivity contribution in [3.63, 3.8) is 0 Å². The summed E-state index contributed by atoms with van der Waals surface area (Å²) in [6.45, 7) is 1.75. The van der Waals surface area contributed by atoms with Crippen molar-refractivity contribution in [2.45, 2.75) is 44.8 Å². The van der Waals surface area contributed by atoms with Crippen molar-refractivity contribution in [2.75, 3.05) is 0 Å². The largest absolute Gasteiger partial charge is 0.490 e. The number of rotatable bonds is 5. The van der Waals surface area contributed by atoms with Gasteiger partial charge in [0.2, 0.25) is 0 Å². The fourth-order valence-electron chi connectivity index (χ4n) is 2.37. The third-order valence-electron chi connectivity index (χ3n) is 3.30. The van der Waals surface area contributed by atoms with Crippen LogP contribution in [0, 0.1) is 0 Å². The van der Waals surface area contributed by atoms with E-state index in [2.05, 4.69) is 4.72 Å². The molecule has 106 valence electrons. The van der Waals surface area contributed by atoms with Crippen LogP contribution in [0.3, 0.4) is 0 Å². The summed E-state index contributed by atoms with van der Waals surface area (Å²) in [7, 11) is -3.70. The summed E-state index contributed by atoms with van der Waals surface area (Å²) in [4.78, 5) is 0. The number of benzene rings is 1. The van der Waals surface area contributed by atoms with Crippen LogP contribution in [0.15, 0.2) is 24.3 Å². The second-order valence-corrected chi connectivity index (χ2v) is 6.31. The van der Waals surface area contributed by atoms with Gasteiger partial charge in [-0.25, -0.2) is 5.14 Å². The van der Waals surface area contributed by atoms with Crippen LogP contribution in [0.5, 0.6) is 5.75 Å². The van der Waals surface area contributed by atoms with E-state index in [1.807, 2.05) is 24.3 Å². The Balaban J connectivity index is 2.05. The van der Waals surface area contributed by atoms with E-state index in [0.29, 0.717) is 0 Å². The minimum absolute atomic E-state index is 0.289. The zero-order valence-electron chi connectivity index (χ0n) is 11.0. The molecule has 0 unspecified atom stereocenters. The number of hydrogen-bond acceptors (Lipinski definition) is 3. The molecule has 1 aliphatic carbocycles. The van der Waals surface area contributed by atoms with E-state index in [1.165, 1.54) is 12.8 Å². The van der Waals surface area contributed by atoms with Gasteiger partial charge in [0.15, 0.2) is 0 Å². The van der Waals surface area contributed by atoms with Gasteiger partial charge in [0.1, 0.15) is 5.75 Å². The first-order valence-corrected chi connectivity index (χ1v) is 8.05. The third-order valence-corrected chi connectivity index (χ3v) is 3.99. The molecule has 0 heterocycles. The molecule has 19 heavy (non-hydrogen) atoms. The zero-order valence-corrected chi connectivity index (χ0v) is 11.8. The molecule has 1 aliphatic rings. The standard InChI is InChI=1S/C13H20N2O3S/c1-10(15-19(14,16)17)11-5-4-8-13(9-11)18-12-6-2-3-7-12/h4-5,8-10,12,15H,2-3,6-7H2,1H3,(H2,14,16,17)/t10-/m1/s1. The summed E-state index contributed by atoms with van der Waals surface area (Å²) in [5, 5.41) is 4.97. The highest BCUT2D eigenvalue weighted by Crippen LogP contribution is 2.26. The van der Waals surface area contributed by atoms with Crippen LogP contribution in [0.2, 0.25) is 0 Å². The zero-order chi connectivity index (χ0) is 13.9. The quantitative estimate of drug-likeness (QED) is 0.866. The van der Waals surface area contributed by atoms with Gasteiger partial charge in [-0.05, 0) is 50.3 Å². The summed E-state index contributed by atoms with van der Waals surface area (Å²) in [6.07, 6.45) is 4.91. The molecule has 1 atom stereocenters. The van der Waals surface area contributed by atoms with Crippen LogP contribution in [0.1, 0.15) is 44.2 Å². The first-order chi connectivity index (χ1) is 8.94. The fraction of sp³-hybridized carbons (Fsp3) is 0.538. The summed E-state index contributed by atoms with van der Waals surface area (Å²) < 4.78 is 30.3. The molecule has 1 saturated carbocycles. The summed E-state index contributed by atoms with van der Waals surface area (Å²) in [6, 6.07) is 7.10. The molecule has 6 heteroatoms. The molecule has 1 fully saturated rings. The van der Waals surface area contributed by atoms with Crippen LogP contribution >= 0.6 is 0 Å². The lowest BCUT2D eigenvalue weighted by atomic mass is 10.1. The molecule has 1 aromatic rings. The highest BCUT2D eigenvalue weighted by Gasteiger charge is 2.17. The summed E-state index contributed by atoms with van der Waals surface area (Å²) in [5.41, 5.74) is 0.838. The van der Waals surface area contributed by atoms with Crippen LogP contribution in [-0.2, 0) is 10.2 Å². The monoisotopic (exact) mass is 284 g/mol. The van der Waals surface area contributed by atoms with Gasteiger partial charge in [-0.3, -0.25) is 0 Å². The Morgan fingerprint density at radius 2 is 2.05 bits per heavy atom. The minimum Gasteiger partial charge on any atom is -0.490 e. The highest BCUT2D eigenvalue weighted by atomic mass is 32.2. The van der Waals surface area contributed by atoms with Gasteiger partial charge < -0.3 is 4.74 Å². The van der Waals surface area contributed by atoms with E-state index in [9.17, 15) is 8.42 Å². The van der Waals surface area contributed by atoms with E-state index >= 15 is 0 Å². The van der Waals surface area contributed by atoms with Gasteiger partial charge >= 0.3 is 0 Å². The number of nitrogens with one attached hydrogen (secondary N) is 1. The lowest BCUT2D eigenvalue weighted by Gasteiger charge is -2.16. The van der Waals surface area contributed by atoms with Crippen molar-refractivity contribution in [1.29, 1.82) is 0 Å². The second-order valence-electron chi connectivity index (χ2n) is 4.98. The smallest absolute Gasteiger partial charge is 0.274 e. The van der Waals surface area contributed by atoms with Crippen molar-refractivity contribution in [3.05, 3.63) is 29.8 Å². The minimum atomic E-state index is -3.70. The Hall–Kier alpha value is -1.11. The molecule has 0 bridgehead atoms. The Labute approximate surface area is 114 Å². The predicted octanol–water partition coefficient (Wildman–Crippen LogP) is 1.86. The maximum atomic E-state index is 11.0. The Morgan fingerprint density at radius 1 is 1.37 bits per heavy atom. The molecule has 0 aromatic heterocycles. The van der Waals surface area contributed by atoms with Crippen molar-refractivity contribution in [1.82, 2.24) is 4.72 Å². The molecule has 3 N–H and O–H groups in total. The van der Waals surface area contributed by atoms with Gasteiger partial charge in [0.05, 0.1) is 6.10 Å². The maximum absolute atomic E-state index is 11.0. The highest BCUT2D eigenvalue weighted by molar-refractivity contribution is 7.87. The van der Waals surface area contributed by atoms with E-state index in [-0.39, 0.29) is 12.1 Å². The average Bonchev–Trinajstić information content (AvgIpc) is 2.80. The first-order valence-electron chi connectivity index (χ1n) is 6.51. The van der Waals surface area contributed by atoms with Crippen LogP contribution < -0.4 is 14.6 Å². The average molecular weight is 284 g/mol. The van der Waals surface area contributed by atoms with E-state index in [4.69, 9.17) is 9.88 Å². The summed E-state index contributed by atoms with van der Waals surface area (Å²) >= 11 is 0. The topological polar surface area (TPSA) is 81.4 Å². The Morgan fingerprint density at radius 3 is 2.68 bits per heavy atom. The number of ether oxygens (including phenoxy) is 1. The van der Waals surface area contributed by atoms with Crippen LogP contribution in [0.4, 0.5) is 0 Å². The lowest BCUT2D eigenvalue weighted by Crippen LogP contribution is -2.32. The van der Waals surface area contributed by atoms with Crippen molar-refractivity contribution in [2.24, 2.45) is 5.14 Å².